The van der Waals surface area contributed by atoms with E-state index in [0.29, 0.717) is 30.8 Å². The molecule has 1 aliphatic rings. The van der Waals surface area contributed by atoms with Gasteiger partial charge in [0.1, 0.15) is 0 Å². The average molecular weight is 320 g/mol. The van der Waals surface area contributed by atoms with Crippen molar-refractivity contribution in [3.63, 3.8) is 0 Å². The lowest BCUT2D eigenvalue weighted by molar-refractivity contribution is -0.277. The largest absolute Gasteiger partial charge is 0.409 e. The third-order valence-corrected chi connectivity index (χ3v) is 3.53. The maximum Gasteiger partial charge on any atom is 0.409 e. The summed E-state index contributed by atoms with van der Waals surface area (Å²) in [4.78, 5) is 12.4. The highest BCUT2D eigenvalue weighted by molar-refractivity contribution is 5.80. The van der Waals surface area contributed by atoms with Crippen molar-refractivity contribution < 1.29 is 31.1 Å². The number of rotatable bonds is 4. The van der Waals surface area contributed by atoms with Gasteiger partial charge in [-0.3, -0.25) is 4.79 Å². The monoisotopic (exact) mass is 320 g/mol. The summed E-state index contributed by atoms with van der Waals surface area (Å²) in [5.74, 6) is -5.92. The molecule has 124 valence electrons. The molecule has 1 aliphatic heterocycles. The van der Waals surface area contributed by atoms with Gasteiger partial charge < -0.3 is 10.2 Å². The first-order valence-electron chi connectivity index (χ1n) is 6.70. The van der Waals surface area contributed by atoms with E-state index in [4.69, 9.17) is 0 Å². The quantitative estimate of drug-likeness (QED) is 0.808. The van der Waals surface area contributed by atoms with Crippen LogP contribution in [0, 0.1) is 11.8 Å². The van der Waals surface area contributed by atoms with Crippen molar-refractivity contribution in [2.75, 3.05) is 26.2 Å². The van der Waals surface area contributed by atoms with E-state index in [0.717, 1.165) is 0 Å². The molecule has 0 aromatic rings. The molecule has 0 spiro atoms. The van der Waals surface area contributed by atoms with Crippen LogP contribution in [0.1, 0.15) is 19.8 Å². The van der Waals surface area contributed by atoms with Gasteiger partial charge in [0.05, 0.1) is 0 Å². The van der Waals surface area contributed by atoms with Crippen LogP contribution in [0.25, 0.3) is 0 Å². The topological polar surface area (TPSA) is 32.3 Å². The summed E-state index contributed by atoms with van der Waals surface area (Å²) >= 11 is 0. The molecule has 0 atom stereocenters. The number of halogens is 6. The summed E-state index contributed by atoms with van der Waals surface area (Å²) in [6, 6.07) is 0. The van der Waals surface area contributed by atoms with Crippen LogP contribution in [0.3, 0.4) is 0 Å². The number of nitrogens with one attached hydrogen (secondary N) is 1. The van der Waals surface area contributed by atoms with Gasteiger partial charge in [-0.2, -0.15) is 26.3 Å². The summed E-state index contributed by atoms with van der Waals surface area (Å²) in [5.41, 5.74) is 0. The Balaban J connectivity index is 2.83. The van der Waals surface area contributed by atoms with E-state index in [1.807, 2.05) is 0 Å². The highest BCUT2D eigenvalue weighted by atomic mass is 19.4. The van der Waals surface area contributed by atoms with Crippen LogP contribution in [0.15, 0.2) is 0 Å². The zero-order chi connectivity index (χ0) is 16.3. The molecule has 1 rings (SSSR count). The fraction of sp³-hybridized carbons (Fsp3) is 0.917. The number of hydrogen-bond donors (Lipinski definition) is 1. The molecule has 1 amide bonds. The van der Waals surface area contributed by atoms with E-state index < -0.39 is 24.2 Å². The average Bonchev–Trinajstić information content (AvgIpc) is 2.33. The van der Waals surface area contributed by atoms with E-state index in [1.165, 1.54) is 6.92 Å². The Labute approximate surface area is 118 Å². The molecule has 0 aromatic carbocycles. The van der Waals surface area contributed by atoms with Gasteiger partial charge in [-0.05, 0) is 38.8 Å². The number of nitrogens with zero attached hydrogens (tertiary/aromatic N) is 1. The molecule has 3 nitrogen and oxygen atoms in total. The molecular weight excluding hydrogens is 302 g/mol. The van der Waals surface area contributed by atoms with Crippen molar-refractivity contribution in [1.29, 1.82) is 0 Å². The van der Waals surface area contributed by atoms with Gasteiger partial charge in [-0.1, -0.05) is 0 Å². The normalized spacial score (nSPS) is 18.1. The summed E-state index contributed by atoms with van der Waals surface area (Å²) in [7, 11) is 0. The standard InChI is InChI=1S/C12H18F6N2O/c1-2-20(7-8-3-5-19-6-4-8)10(21)9(11(13,14)15)12(16,17)18/h8-9,19H,2-7H2,1H3. The minimum absolute atomic E-state index is 0.0698. The van der Waals surface area contributed by atoms with Crippen LogP contribution >= 0.6 is 0 Å². The first kappa shape index (κ1) is 18.1. The van der Waals surface area contributed by atoms with E-state index in [9.17, 15) is 31.1 Å². The number of carbonyl (C=O) groups is 1. The van der Waals surface area contributed by atoms with E-state index in [1.54, 1.807) is 0 Å². The van der Waals surface area contributed by atoms with Gasteiger partial charge in [-0.15, -0.1) is 0 Å². The Morgan fingerprint density at radius 3 is 2.00 bits per heavy atom. The van der Waals surface area contributed by atoms with E-state index in [2.05, 4.69) is 5.32 Å². The summed E-state index contributed by atoms with van der Waals surface area (Å²) in [6.07, 6.45) is -9.99. The summed E-state index contributed by atoms with van der Waals surface area (Å²) in [5, 5.41) is 3.04. The molecule has 1 heterocycles. The Hall–Kier alpha value is -0.990. The maximum atomic E-state index is 12.6. The fourth-order valence-corrected chi connectivity index (χ4v) is 2.40. The van der Waals surface area contributed by atoms with Crippen molar-refractivity contribution in [2.24, 2.45) is 11.8 Å². The third kappa shape index (κ3) is 5.05. The lowest BCUT2D eigenvalue weighted by Gasteiger charge is -2.32. The van der Waals surface area contributed by atoms with Crippen molar-refractivity contribution in [1.82, 2.24) is 10.2 Å². The molecule has 0 radical (unpaired) electrons. The van der Waals surface area contributed by atoms with Crippen LogP contribution in [-0.2, 0) is 4.79 Å². The van der Waals surface area contributed by atoms with Crippen molar-refractivity contribution in [3.8, 4) is 0 Å². The molecule has 21 heavy (non-hydrogen) atoms. The molecular formula is C12H18F6N2O. The maximum absolute atomic E-state index is 12.6. The first-order valence-corrected chi connectivity index (χ1v) is 6.70. The molecule has 1 N–H and O–H groups in total. The predicted molar refractivity (Wildman–Crippen MR) is 63.4 cm³/mol. The number of amides is 1. The minimum atomic E-state index is -5.63. The molecule has 1 saturated heterocycles. The molecule has 1 fully saturated rings. The predicted octanol–water partition coefficient (Wildman–Crippen LogP) is 2.58. The molecule has 0 unspecified atom stereocenters. The SMILES string of the molecule is CCN(CC1CCNCC1)C(=O)C(C(F)(F)F)C(F)(F)F. The van der Waals surface area contributed by atoms with Gasteiger partial charge >= 0.3 is 12.4 Å². The molecule has 0 aromatic heterocycles. The van der Waals surface area contributed by atoms with Gasteiger partial charge in [-0.25, -0.2) is 0 Å². The number of carbonyl (C=O) groups excluding carboxylic acids is 1. The Morgan fingerprint density at radius 2 is 1.62 bits per heavy atom. The van der Waals surface area contributed by atoms with E-state index in [-0.39, 0.29) is 19.0 Å². The Bertz CT molecular complexity index is 335. The van der Waals surface area contributed by atoms with Gasteiger partial charge in [0.2, 0.25) is 11.8 Å². The molecule has 0 aliphatic carbocycles. The minimum Gasteiger partial charge on any atom is -0.342 e. The smallest absolute Gasteiger partial charge is 0.342 e. The van der Waals surface area contributed by atoms with E-state index >= 15 is 0 Å². The zero-order valence-corrected chi connectivity index (χ0v) is 11.5. The second-order valence-electron chi connectivity index (χ2n) is 5.09. The second-order valence-corrected chi connectivity index (χ2v) is 5.09. The third-order valence-electron chi connectivity index (χ3n) is 3.53. The number of piperidine rings is 1. The molecule has 0 saturated carbocycles. The number of hydrogen-bond acceptors (Lipinski definition) is 2. The Morgan fingerprint density at radius 1 is 1.14 bits per heavy atom. The van der Waals surface area contributed by atoms with Crippen LogP contribution < -0.4 is 5.32 Å². The van der Waals surface area contributed by atoms with Crippen LogP contribution in [0.5, 0.6) is 0 Å². The number of alkyl halides is 6. The van der Waals surface area contributed by atoms with Crippen molar-refractivity contribution in [2.45, 2.75) is 32.1 Å². The highest BCUT2D eigenvalue weighted by Crippen LogP contribution is 2.40. The lowest BCUT2D eigenvalue weighted by atomic mass is 9.96. The Kier molecular flexibility index (Phi) is 5.89. The fourth-order valence-electron chi connectivity index (χ4n) is 2.40. The van der Waals surface area contributed by atoms with Gasteiger partial charge in [0.25, 0.3) is 0 Å². The van der Waals surface area contributed by atoms with Crippen LogP contribution in [-0.4, -0.2) is 49.3 Å². The summed E-state index contributed by atoms with van der Waals surface area (Å²) in [6.45, 7) is 2.44. The van der Waals surface area contributed by atoms with Crippen LogP contribution in [0.4, 0.5) is 26.3 Å². The molecule has 9 heteroatoms. The highest BCUT2D eigenvalue weighted by Gasteiger charge is 2.62. The van der Waals surface area contributed by atoms with Crippen LogP contribution in [0.2, 0.25) is 0 Å². The van der Waals surface area contributed by atoms with Gasteiger partial charge in [0, 0.05) is 13.1 Å². The van der Waals surface area contributed by atoms with Gasteiger partial charge in [0.15, 0.2) is 0 Å². The molecule has 0 bridgehead atoms. The van der Waals surface area contributed by atoms with Crippen molar-refractivity contribution in [3.05, 3.63) is 0 Å². The lowest BCUT2D eigenvalue weighted by Crippen LogP contribution is -2.51. The second kappa shape index (κ2) is 6.85. The first-order chi connectivity index (χ1) is 9.57. The van der Waals surface area contributed by atoms with Crippen molar-refractivity contribution >= 4 is 5.91 Å². The zero-order valence-electron chi connectivity index (χ0n) is 11.5. The summed E-state index contributed by atoms with van der Waals surface area (Å²) < 4.78 is 75.4.